The summed E-state index contributed by atoms with van der Waals surface area (Å²) in [7, 11) is -1.81. The first-order chi connectivity index (χ1) is 11.7. The van der Waals surface area contributed by atoms with Gasteiger partial charge in [-0.1, -0.05) is 0 Å². The molecule has 1 aromatic carbocycles. The maximum Gasteiger partial charge on any atom is 0.335 e. The van der Waals surface area contributed by atoms with Gasteiger partial charge in [0, 0.05) is 19.1 Å². The number of methoxy groups -OCH3 is 1. The summed E-state index contributed by atoms with van der Waals surface area (Å²) in [5, 5.41) is 11.7. The van der Waals surface area contributed by atoms with Crippen molar-refractivity contribution in [2.75, 3.05) is 18.7 Å². The Labute approximate surface area is 144 Å². The number of anilines is 1. The first-order valence-corrected chi connectivity index (χ1v) is 9.18. The quantitative estimate of drug-likeness (QED) is 0.766. The predicted octanol–water partition coefficient (Wildman–Crippen LogP) is 1.92. The van der Waals surface area contributed by atoms with Crippen molar-refractivity contribution in [2.24, 2.45) is 0 Å². The summed E-state index contributed by atoms with van der Waals surface area (Å²) in [6, 6.07) is 7.08. The zero-order chi connectivity index (χ0) is 18.6. The molecule has 0 saturated carbocycles. The van der Waals surface area contributed by atoms with Gasteiger partial charge in [-0.3, -0.25) is 4.79 Å². The maximum atomic E-state index is 12.2. The first kappa shape index (κ1) is 18.7. The van der Waals surface area contributed by atoms with E-state index in [1.54, 1.807) is 6.07 Å². The minimum atomic E-state index is -3.28. The molecule has 1 heterocycles. The van der Waals surface area contributed by atoms with Crippen LogP contribution in [0.3, 0.4) is 0 Å². The molecule has 2 N–H and O–H groups in total. The van der Waals surface area contributed by atoms with Gasteiger partial charge in [-0.05, 0) is 35.9 Å². The molecule has 0 saturated heterocycles. The molecule has 0 aliphatic rings. The largest absolute Gasteiger partial charge is 0.478 e. The number of carbonyl (C=O) groups is 2. The van der Waals surface area contributed by atoms with Crippen LogP contribution in [0.25, 0.3) is 0 Å². The molecule has 134 valence electrons. The number of amides is 1. The van der Waals surface area contributed by atoms with Gasteiger partial charge in [0.05, 0.1) is 12.2 Å². The summed E-state index contributed by atoms with van der Waals surface area (Å²) in [6.07, 6.45) is 1.06. The zero-order valence-corrected chi connectivity index (χ0v) is 14.4. The smallest absolute Gasteiger partial charge is 0.335 e. The van der Waals surface area contributed by atoms with Gasteiger partial charge in [-0.2, -0.15) is 0 Å². The van der Waals surface area contributed by atoms with Crippen molar-refractivity contribution < 1.29 is 32.3 Å². The second kappa shape index (κ2) is 7.49. The molecule has 25 heavy (non-hydrogen) atoms. The van der Waals surface area contributed by atoms with Crippen LogP contribution in [0.1, 0.15) is 32.2 Å². The minimum absolute atomic E-state index is 0.00191. The molecular formula is C16H17NO7S. The molecule has 1 aromatic heterocycles. The Kier molecular flexibility index (Phi) is 5.60. The highest BCUT2D eigenvalue weighted by Crippen LogP contribution is 2.18. The fourth-order valence-corrected chi connectivity index (χ4v) is 2.84. The molecule has 0 atom stereocenters. The van der Waals surface area contributed by atoms with E-state index >= 15 is 0 Å². The number of hydrogen-bond donors (Lipinski definition) is 2. The molecule has 0 aliphatic heterocycles. The number of rotatable bonds is 7. The summed E-state index contributed by atoms with van der Waals surface area (Å²) in [5.74, 6) is -2.00. The van der Waals surface area contributed by atoms with Crippen molar-refractivity contribution in [2.45, 2.75) is 12.4 Å². The lowest BCUT2D eigenvalue weighted by Gasteiger charge is -2.08. The molecule has 2 rings (SSSR count). The van der Waals surface area contributed by atoms with Gasteiger partial charge >= 0.3 is 5.97 Å². The van der Waals surface area contributed by atoms with E-state index in [1.807, 2.05) is 0 Å². The van der Waals surface area contributed by atoms with Crippen LogP contribution in [0.2, 0.25) is 0 Å². The van der Waals surface area contributed by atoms with E-state index in [0.29, 0.717) is 5.56 Å². The van der Waals surface area contributed by atoms with Crippen molar-refractivity contribution in [3.05, 3.63) is 53.0 Å². The monoisotopic (exact) mass is 367 g/mol. The molecule has 0 spiro atoms. The van der Waals surface area contributed by atoms with E-state index in [9.17, 15) is 18.0 Å². The normalized spacial score (nSPS) is 11.3. The van der Waals surface area contributed by atoms with E-state index in [4.69, 9.17) is 14.3 Å². The highest BCUT2D eigenvalue weighted by Gasteiger charge is 2.15. The summed E-state index contributed by atoms with van der Waals surface area (Å²) < 4.78 is 32.7. The van der Waals surface area contributed by atoms with E-state index in [1.165, 1.54) is 31.4 Å². The maximum absolute atomic E-state index is 12.2. The van der Waals surface area contributed by atoms with Crippen molar-refractivity contribution in [1.82, 2.24) is 0 Å². The second-order valence-electron chi connectivity index (χ2n) is 5.45. The van der Waals surface area contributed by atoms with E-state index < -0.39 is 21.7 Å². The molecule has 0 radical (unpaired) electrons. The van der Waals surface area contributed by atoms with Crippen LogP contribution in [0.15, 0.2) is 34.7 Å². The third-order valence-corrected chi connectivity index (χ3v) is 3.91. The third kappa shape index (κ3) is 5.44. The van der Waals surface area contributed by atoms with Crippen molar-refractivity contribution >= 4 is 27.4 Å². The Morgan fingerprint density at radius 3 is 2.56 bits per heavy atom. The summed E-state index contributed by atoms with van der Waals surface area (Å²) in [6.45, 7) is 0.184. The number of carbonyl (C=O) groups excluding carboxylic acids is 1. The lowest BCUT2D eigenvalue weighted by atomic mass is 10.1. The molecule has 0 unspecified atom stereocenters. The molecule has 0 aliphatic carbocycles. The highest BCUT2D eigenvalue weighted by molar-refractivity contribution is 7.89. The van der Waals surface area contributed by atoms with Crippen molar-refractivity contribution in [1.29, 1.82) is 0 Å². The molecule has 0 fully saturated rings. The van der Waals surface area contributed by atoms with Crippen LogP contribution >= 0.6 is 0 Å². The Bertz CT molecular complexity index is 899. The summed E-state index contributed by atoms with van der Waals surface area (Å²) in [5.41, 5.74) is 0.843. The molecule has 1 amide bonds. The average molecular weight is 367 g/mol. The zero-order valence-electron chi connectivity index (χ0n) is 13.6. The standard InChI is InChI=1S/C16H17NO7S/c1-23-8-10-5-11(16(19)20)7-12(6-10)17-15(18)14-4-3-13(24-14)9-25(2,21)22/h3-7H,8-9H2,1-2H3,(H,17,18)(H,19,20). The van der Waals surface area contributed by atoms with E-state index in [-0.39, 0.29) is 35.1 Å². The predicted molar refractivity (Wildman–Crippen MR) is 89.3 cm³/mol. The molecule has 2 aromatic rings. The number of furan rings is 1. The van der Waals surface area contributed by atoms with Crippen LogP contribution in [-0.2, 0) is 26.9 Å². The minimum Gasteiger partial charge on any atom is -0.478 e. The van der Waals surface area contributed by atoms with Crippen LogP contribution in [0, 0.1) is 0 Å². The van der Waals surface area contributed by atoms with Gasteiger partial charge in [0.25, 0.3) is 5.91 Å². The molecule has 9 heteroatoms. The Morgan fingerprint density at radius 2 is 1.96 bits per heavy atom. The number of hydrogen-bond acceptors (Lipinski definition) is 6. The lowest BCUT2D eigenvalue weighted by Crippen LogP contribution is -2.12. The molecular weight excluding hydrogens is 350 g/mol. The Balaban J connectivity index is 2.21. The number of nitrogens with one attached hydrogen (secondary N) is 1. The Hall–Kier alpha value is -2.65. The van der Waals surface area contributed by atoms with Gasteiger partial charge < -0.3 is 19.6 Å². The van der Waals surface area contributed by atoms with E-state index in [0.717, 1.165) is 6.26 Å². The average Bonchev–Trinajstić information content (AvgIpc) is 2.93. The van der Waals surface area contributed by atoms with E-state index in [2.05, 4.69) is 5.32 Å². The third-order valence-electron chi connectivity index (χ3n) is 3.10. The topological polar surface area (TPSA) is 123 Å². The van der Waals surface area contributed by atoms with Crippen LogP contribution in [0.5, 0.6) is 0 Å². The number of sulfone groups is 1. The van der Waals surface area contributed by atoms with Gasteiger partial charge in [-0.15, -0.1) is 0 Å². The lowest BCUT2D eigenvalue weighted by molar-refractivity contribution is 0.0696. The van der Waals surface area contributed by atoms with Crippen LogP contribution < -0.4 is 5.32 Å². The number of aromatic carboxylic acids is 1. The number of ether oxygens (including phenoxy) is 1. The van der Waals surface area contributed by atoms with Gasteiger partial charge in [0.1, 0.15) is 11.5 Å². The van der Waals surface area contributed by atoms with Crippen molar-refractivity contribution in [3.63, 3.8) is 0 Å². The SMILES string of the molecule is COCc1cc(NC(=O)c2ccc(CS(C)(=O)=O)o2)cc(C(=O)O)c1. The summed E-state index contributed by atoms with van der Waals surface area (Å²) in [4.78, 5) is 23.4. The Morgan fingerprint density at radius 1 is 1.24 bits per heavy atom. The number of benzene rings is 1. The van der Waals surface area contributed by atoms with Gasteiger partial charge in [0.15, 0.2) is 15.6 Å². The van der Waals surface area contributed by atoms with Crippen LogP contribution in [0.4, 0.5) is 5.69 Å². The fourth-order valence-electron chi connectivity index (χ4n) is 2.17. The van der Waals surface area contributed by atoms with Gasteiger partial charge in [-0.25, -0.2) is 13.2 Å². The number of carboxylic acids is 1. The summed E-state index contributed by atoms with van der Waals surface area (Å²) >= 11 is 0. The molecule has 8 nitrogen and oxygen atoms in total. The van der Waals surface area contributed by atoms with Crippen molar-refractivity contribution in [3.8, 4) is 0 Å². The van der Waals surface area contributed by atoms with Gasteiger partial charge in [0.2, 0.25) is 0 Å². The fraction of sp³-hybridized carbons (Fsp3) is 0.250. The molecule has 0 bridgehead atoms. The number of carboxylic acid groups (broad SMARTS) is 1. The highest BCUT2D eigenvalue weighted by atomic mass is 32.2. The first-order valence-electron chi connectivity index (χ1n) is 7.12. The van der Waals surface area contributed by atoms with Crippen LogP contribution in [-0.4, -0.2) is 38.8 Å². The second-order valence-corrected chi connectivity index (χ2v) is 7.59.